The van der Waals surface area contributed by atoms with Crippen molar-refractivity contribution >= 4 is 21.5 Å². The lowest BCUT2D eigenvalue weighted by molar-refractivity contribution is 0.483. The molecule has 0 fully saturated rings. The number of benzene rings is 3. The fraction of sp³-hybridized carbons (Fsp3) is 0.100. The molecule has 0 saturated carbocycles. The van der Waals surface area contributed by atoms with Crippen molar-refractivity contribution in [1.82, 2.24) is 0 Å². The molecule has 0 saturated heterocycles. The van der Waals surface area contributed by atoms with Gasteiger partial charge in [-0.3, -0.25) is 25.0 Å². The van der Waals surface area contributed by atoms with Crippen LogP contribution in [0.25, 0.3) is 0 Å². The van der Waals surface area contributed by atoms with Crippen LogP contribution in [0.1, 0.15) is 11.1 Å². The summed E-state index contributed by atoms with van der Waals surface area (Å²) in [6, 6.07) is 13.2. The molecule has 3 aromatic rings. The molecule has 0 aliphatic rings. The first-order chi connectivity index (χ1) is 14.1. The molecule has 0 amide bonds. The molecule has 0 unspecified atom stereocenters. The van der Waals surface area contributed by atoms with Crippen molar-refractivity contribution in [3.8, 4) is 0 Å². The fourth-order valence-electron chi connectivity index (χ4n) is 2.62. The van der Waals surface area contributed by atoms with Crippen LogP contribution >= 0.6 is 0 Å². The van der Waals surface area contributed by atoms with Crippen LogP contribution in [-0.4, -0.2) is 13.0 Å². The molecule has 10 heteroatoms. The first-order valence-electron chi connectivity index (χ1n) is 8.74. The van der Waals surface area contributed by atoms with Crippen LogP contribution in [0.4, 0.5) is 11.4 Å². The lowest BCUT2D eigenvalue weighted by Crippen LogP contribution is -2.47. The zero-order valence-corrected chi connectivity index (χ0v) is 16.9. The van der Waals surface area contributed by atoms with Gasteiger partial charge >= 0.3 is 0 Å². The van der Waals surface area contributed by atoms with Gasteiger partial charge in [-0.1, -0.05) is 17.7 Å². The van der Waals surface area contributed by atoms with Crippen LogP contribution in [0.15, 0.2) is 79.3 Å². The van der Waals surface area contributed by atoms with Gasteiger partial charge in [0.1, 0.15) is 5.36 Å². The molecule has 3 aromatic carbocycles. The minimum atomic E-state index is -4.32. The van der Waals surface area contributed by atoms with Gasteiger partial charge in [-0.2, -0.15) is 18.6 Å². The minimum Gasteiger partial charge on any atom is -0.287 e. The maximum Gasteiger partial charge on any atom is 0.294 e. The highest BCUT2D eigenvalue weighted by Gasteiger charge is 2.08. The second kappa shape index (κ2) is 8.39. The summed E-state index contributed by atoms with van der Waals surface area (Å²) in [7, 11) is -4.32. The lowest BCUT2D eigenvalue weighted by atomic mass is 10.1. The summed E-state index contributed by atoms with van der Waals surface area (Å²) in [5.74, 6) is 0. The van der Waals surface area contributed by atoms with Crippen molar-refractivity contribution in [3.05, 3.63) is 96.9 Å². The molecule has 30 heavy (non-hydrogen) atoms. The molecule has 0 atom stereocenters. The van der Waals surface area contributed by atoms with Crippen molar-refractivity contribution in [2.24, 2.45) is 10.2 Å². The SMILES string of the molecule is Cc1ccc(N/N=c2/ccc(=O)/c(=N\Nc3ccc(S(=O)(=O)O)cc3)c2=O)c(C)c1. The molecule has 0 bridgehead atoms. The van der Waals surface area contributed by atoms with Gasteiger partial charge in [0, 0.05) is 0 Å². The van der Waals surface area contributed by atoms with Crippen LogP contribution in [0.3, 0.4) is 0 Å². The standard InChI is InChI=1S/C20H18N4O5S/c1-12-3-8-16(13(2)11-12)22-23-17-9-10-18(25)19(20(17)26)24-21-14-4-6-15(7-5-14)30(27,28)29/h3-11,21-22H,1-2H3,(H,27,28,29)/b23-17-,24-19+. The van der Waals surface area contributed by atoms with Crippen molar-refractivity contribution < 1.29 is 13.0 Å². The number of rotatable bonds is 5. The van der Waals surface area contributed by atoms with Crippen LogP contribution in [-0.2, 0) is 10.1 Å². The molecular formula is C20H18N4O5S. The lowest BCUT2D eigenvalue weighted by Gasteiger charge is -2.05. The van der Waals surface area contributed by atoms with E-state index >= 15 is 0 Å². The van der Waals surface area contributed by atoms with Gasteiger partial charge in [-0.05, 0) is 61.9 Å². The van der Waals surface area contributed by atoms with E-state index in [1.165, 1.54) is 24.3 Å². The molecular weight excluding hydrogens is 408 g/mol. The van der Waals surface area contributed by atoms with Gasteiger partial charge in [0.2, 0.25) is 10.9 Å². The predicted octanol–water partition coefficient (Wildman–Crippen LogP) is 1.00. The number of nitrogens with zero attached hydrogens (tertiary/aromatic N) is 2. The Hall–Kier alpha value is -3.63. The smallest absolute Gasteiger partial charge is 0.287 e. The summed E-state index contributed by atoms with van der Waals surface area (Å²) < 4.78 is 31.1. The highest BCUT2D eigenvalue weighted by molar-refractivity contribution is 7.85. The summed E-state index contributed by atoms with van der Waals surface area (Å²) in [6.45, 7) is 3.87. The molecule has 0 aliphatic carbocycles. The van der Waals surface area contributed by atoms with Gasteiger partial charge in [-0.25, -0.2) is 0 Å². The Morgan fingerprint density at radius 2 is 1.57 bits per heavy atom. The Labute approximate surface area is 171 Å². The Balaban J connectivity index is 1.92. The van der Waals surface area contributed by atoms with Gasteiger partial charge in [-0.15, -0.1) is 0 Å². The zero-order chi connectivity index (χ0) is 21.9. The Morgan fingerprint density at radius 3 is 2.20 bits per heavy atom. The average molecular weight is 426 g/mol. The first kappa shape index (κ1) is 21.1. The third kappa shape index (κ3) is 4.85. The van der Waals surface area contributed by atoms with Crippen LogP contribution < -0.4 is 32.4 Å². The summed E-state index contributed by atoms with van der Waals surface area (Å²) in [4.78, 5) is 24.3. The first-order valence-corrected chi connectivity index (χ1v) is 10.2. The van der Waals surface area contributed by atoms with Crippen LogP contribution in [0.2, 0.25) is 0 Å². The van der Waals surface area contributed by atoms with E-state index in [0.717, 1.165) is 28.9 Å². The molecule has 9 nitrogen and oxygen atoms in total. The normalized spacial score (nSPS) is 12.8. The molecule has 3 N–H and O–H groups in total. The third-order valence-corrected chi connectivity index (χ3v) is 5.07. The van der Waals surface area contributed by atoms with E-state index in [-0.39, 0.29) is 15.6 Å². The predicted molar refractivity (Wildman–Crippen MR) is 112 cm³/mol. The Kier molecular flexibility index (Phi) is 5.90. The van der Waals surface area contributed by atoms with Crippen molar-refractivity contribution in [1.29, 1.82) is 0 Å². The molecule has 0 heterocycles. The summed E-state index contributed by atoms with van der Waals surface area (Å²) in [6.07, 6.45) is 0. The molecule has 154 valence electrons. The second-order valence-electron chi connectivity index (χ2n) is 6.53. The van der Waals surface area contributed by atoms with E-state index in [1.807, 2.05) is 32.0 Å². The molecule has 3 rings (SSSR count). The van der Waals surface area contributed by atoms with Gasteiger partial charge in [0.05, 0.1) is 16.3 Å². The largest absolute Gasteiger partial charge is 0.294 e. The number of aryl methyl sites for hydroxylation is 2. The summed E-state index contributed by atoms with van der Waals surface area (Å²) in [5, 5.41) is 7.56. The van der Waals surface area contributed by atoms with Crippen molar-refractivity contribution in [2.75, 3.05) is 10.9 Å². The van der Waals surface area contributed by atoms with Crippen molar-refractivity contribution in [2.45, 2.75) is 18.7 Å². The van der Waals surface area contributed by atoms with Crippen molar-refractivity contribution in [3.63, 3.8) is 0 Å². The minimum absolute atomic E-state index is 0.0110. The van der Waals surface area contributed by atoms with Gasteiger partial charge in [0.25, 0.3) is 10.1 Å². The van der Waals surface area contributed by atoms with Gasteiger partial charge < -0.3 is 0 Å². The van der Waals surface area contributed by atoms with E-state index in [1.54, 1.807) is 0 Å². The maximum atomic E-state index is 12.6. The molecule has 0 aliphatic heterocycles. The number of anilines is 2. The maximum absolute atomic E-state index is 12.6. The highest BCUT2D eigenvalue weighted by atomic mass is 32.2. The second-order valence-corrected chi connectivity index (χ2v) is 7.95. The Bertz CT molecular complexity index is 1420. The average Bonchev–Trinajstić information content (AvgIpc) is 2.68. The zero-order valence-electron chi connectivity index (χ0n) is 16.1. The summed E-state index contributed by atoms with van der Waals surface area (Å²) >= 11 is 0. The number of nitrogens with one attached hydrogen (secondary N) is 2. The Morgan fingerprint density at radius 1 is 0.867 bits per heavy atom. The molecule has 0 spiro atoms. The third-order valence-electron chi connectivity index (χ3n) is 4.20. The fourth-order valence-corrected chi connectivity index (χ4v) is 3.10. The highest BCUT2D eigenvalue weighted by Crippen LogP contribution is 2.15. The quantitative estimate of drug-likeness (QED) is 0.409. The van der Waals surface area contributed by atoms with E-state index in [2.05, 4.69) is 21.1 Å². The molecule has 0 radical (unpaired) electrons. The number of hydrogen-bond donors (Lipinski definition) is 3. The number of hydrogen-bond acceptors (Lipinski definition) is 8. The van der Waals surface area contributed by atoms with Gasteiger partial charge in [0.15, 0.2) is 5.36 Å². The summed E-state index contributed by atoms with van der Waals surface area (Å²) in [5.41, 5.74) is 7.17. The topological polar surface area (TPSA) is 137 Å². The van der Waals surface area contributed by atoms with E-state index < -0.39 is 21.0 Å². The van der Waals surface area contributed by atoms with Crippen LogP contribution in [0.5, 0.6) is 0 Å². The monoisotopic (exact) mass is 426 g/mol. The van der Waals surface area contributed by atoms with E-state index in [9.17, 15) is 18.0 Å². The van der Waals surface area contributed by atoms with Crippen LogP contribution in [0, 0.1) is 13.8 Å². The van der Waals surface area contributed by atoms with E-state index in [0.29, 0.717) is 5.69 Å². The van der Waals surface area contributed by atoms with E-state index in [4.69, 9.17) is 4.55 Å². The molecule has 0 aromatic heterocycles.